The Morgan fingerprint density at radius 3 is 1.71 bits per heavy atom. The average Bonchev–Trinajstić information content (AvgIpc) is 2.64. The predicted octanol–water partition coefficient (Wildman–Crippen LogP) is 2.07. The van der Waals surface area contributed by atoms with Crippen LogP contribution in [0.15, 0.2) is 48.5 Å². The largest absolute Gasteiger partial charge is 0.479 e. The number of hydrogen-bond donors (Lipinski definition) is 3. The first kappa shape index (κ1) is 21.1. The van der Waals surface area contributed by atoms with Gasteiger partial charge in [0.15, 0.2) is 6.29 Å². The topological polar surface area (TPSA) is 130 Å². The van der Waals surface area contributed by atoms with Gasteiger partial charge in [-0.2, -0.15) is 0 Å². The summed E-state index contributed by atoms with van der Waals surface area (Å²) in [6, 6.07) is 12.5. The van der Waals surface area contributed by atoms with Crippen molar-refractivity contribution < 1.29 is 39.2 Å². The first-order chi connectivity index (χ1) is 13.2. The number of carbonyl (C=O) groups is 3. The van der Waals surface area contributed by atoms with Crippen LogP contribution in [0.4, 0.5) is 0 Å². The molecule has 0 saturated carbocycles. The summed E-state index contributed by atoms with van der Waals surface area (Å²) in [6.07, 6.45) is -6.00. The smallest absolute Gasteiger partial charge is 0.348 e. The third-order valence-electron chi connectivity index (χ3n) is 3.92. The number of carbonyl (C=O) groups excluding carboxylic acids is 1. The molecule has 8 nitrogen and oxygen atoms in total. The van der Waals surface area contributed by atoms with Gasteiger partial charge in [0.2, 0.25) is 12.2 Å². The highest BCUT2D eigenvalue weighted by atomic mass is 16.6. The van der Waals surface area contributed by atoms with E-state index in [0.717, 1.165) is 11.1 Å². The van der Waals surface area contributed by atoms with Gasteiger partial charge in [0.1, 0.15) is 0 Å². The maximum absolute atomic E-state index is 12.2. The standard InChI is InChI=1S/C20H20O8/c1-11-3-7-13(8-4-11)19(25)27-15(17(21)22)16(18(23)24)28-20(26)14-9-5-12(2)6-10-14/h3-10,15-16,19,25H,1-2H3,(H,21,22)(H,23,24). The molecule has 8 heteroatoms. The van der Waals surface area contributed by atoms with E-state index in [0.29, 0.717) is 0 Å². The molecule has 0 heterocycles. The van der Waals surface area contributed by atoms with Crippen molar-refractivity contribution in [3.63, 3.8) is 0 Å². The summed E-state index contributed by atoms with van der Waals surface area (Å²) in [7, 11) is 0. The summed E-state index contributed by atoms with van der Waals surface area (Å²) >= 11 is 0. The van der Waals surface area contributed by atoms with Crippen LogP contribution in [0.1, 0.15) is 33.3 Å². The van der Waals surface area contributed by atoms with Gasteiger partial charge in [0, 0.05) is 5.56 Å². The number of aliphatic carboxylic acids is 2. The molecule has 2 rings (SSSR count). The molecule has 2 aromatic rings. The van der Waals surface area contributed by atoms with E-state index in [1.54, 1.807) is 31.2 Å². The summed E-state index contributed by atoms with van der Waals surface area (Å²) < 4.78 is 9.88. The van der Waals surface area contributed by atoms with E-state index in [1.165, 1.54) is 24.3 Å². The van der Waals surface area contributed by atoms with E-state index < -0.39 is 36.4 Å². The van der Waals surface area contributed by atoms with Crippen LogP contribution in [0.25, 0.3) is 0 Å². The number of aryl methyl sites for hydroxylation is 2. The zero-order valence-electron chi connectivity index (χ0n) is 15.2. The molecule has 28 heavy (non-hydrogen) atoms. The number of aliphatic hydroxyl groups excluding tert-OH is 1. The quantitative estimate of drug-likeness (QED) is 0.463. The van der Waals surface area contributed by atoms with E-state index in [1.807, 2.05) is 6.92 Å². The van der Waals surface area contributed by atoms with Gasteiger partial charge in [0.05, 0.1) is 5.56 Å². The third-order valence-corrected chi connectivity index (χ3v) is 3.92. The number of esters is 1. The highest BCUT2D eigenvalue weighted by Crippen LogP contribution is 2.20. The number of aliphatic hydroxyl groups is 1. The third kappa shape index (κ3) is 5.38. The van der Waals surface area contributed by atoms with E-state index in [2.05, 4.69) is 0 Å². The van der Waals surface area contributed by atoms with Gasteiger partial charge in [-0.05, 0) is 26.0 Å². The first-order valence-corrected chi connectivity index (χ1v) is 8.32. The van der Waals surface area contributed by atoms with Gasteiger partial charge in [-0.25, -0.2) is 14.4 Å². The molecular formula is C20H20O8. The van der Waals surface area contributed by atoms with E-state index >= 15 is 0 Å². The second-order valence-corrected chi connectivity index (χ2v) is 6.19. The Bertz CT molecular complexity index is 842. The Balaban J connectivity index is 2.20. The van der Waals surface area contributed by atoms with E-state index in [9.17, 15) is 29.7 Å². The Morgan fingerprint density at radius 1 is 0.786 bits per heavy atom. The number of carboxylic acids is 2. The van der Waals surface area contributed by atoms with Crippen LogP contribution in [-0.4, -0.2) is 45.4 Å². The molecule has 0 spiro atoms. The van der Waals surface area contributed by atoms with Gasteiger partial charge >= 0.3 is 17.9 Å². The Hall–Kier alpha value is -3.23. The Labute approximate surface area is 161 Å². The number of benzene rings is 2. The van der Waals surface area contributed by atoms with Crippen molar-refractivity contribution in [3.05, 3.63) is 70.8 Å². The lowest BCUT2D eigenvalue weighted by atomic mass is 10.1. The molecule has 3 N–H and O–H groups in total. The molecule has 2 aromatic carbocycles. The maximum Gasteiger partial charge on any atom is 0.348 e. The van der Waals surface area contributed by atoms with Crippen molar-refractivity contribution in [2.45, 2.75) is 32.3 Å². The van der Waals surface area contributed by atoms with Crippen molar-refractivity contribution in [2.24, 2.45) is 0 Å². The van der Waals surface area contributed by atoms with Crippen LogP contribution < -0.4 is 0 Å². The van der Waals surface area contributed by atoms with Crippen LogP contribution in [-0.2, 0) is 19.1 Å². The highest BCUT2D eigenvalue weighted by molar-refractivity contribution is 5.93. The number of carboxylic acid groups (broad SMARTS) is 2. The molecule has 0 aromatic heterocycles. The van der Waals surface area contributed by atoms with Gasteiger partial charge < -0.3 is 24.8 Å². The van der Waals surface area contributed by atoms with Crippen molar-refractivity contribution in [1.29, 1.82) is 0 Å². The SMILES string of the molecule is Cc1ccc(C(=O)OC(C(=O)O)C(OC(O)c2ccc(C)cc2)C(=O)O)cc1. The number of rotatable bonds is 8. The molecule has 0 bridgehead atoms. The summed E-state index contributed by atoms with van der Waals surface area (Å²) in [5.74, 6) is -4.44. The fraction of sp³-hybridized carbons (Fsp3) is 0.250. The molecular weight excluding hydrogens is 368 g/mol. The molecule has 3 unspecified atom stereocenters. The van der Waals surface area contributed by atoms with Crippen LogP contribution in [0.3, 0.4) is 0 Å². The van der Waals surface area contributed by atoms with Gasteiger partial charge in [0.25, 0.3) is 0 Å². The summed E-state index contributed by atoms with van der Waals surface area (Å²) in [6.45, 7) is 3.62. The number of ether oxygens (including phenoxy) is 2. The molecule has 0 saturated heterocycles. The molecule has 148 valence electrons. The zero-order valence-corrected chi connectivity index (χ0v) is 15.2. The van der Waals surface area contributed by atoms with Gasteiger partial charge in [-0.15, -0.1) is 0 Å². The second kappa shape index (κ2) is 9.12. The van der Waals surface area contributed by atoms with E-state index in [4.69, 9.17) is 9.47 Å². The molecule has 0 radical (unpaired) electrons. The zero-order chi connectivity index (χ0) is 20.8. The summed E-state index contributed by atoms with van der Waals surface area (Å²) in [4.78, 5) is 35.3. The lowest BCUT2D eigenvalue weighted by Gasteiger charge is -2.23. The van der Waals surface area contributed by atoms with Crippen molar-refractivity contribution in [3.8, 4) is 0 Å². The molecule has 3 atom stereocenters. The molecule has 0 aliphatic carbocycles. The Kier molecular flexibility index (Phi) is 6.86. The minimum Gasteiger partial charge on any atom is -0.479 e. The van der Waals surface area contributed by atoms with Crippen LogP contribution >= 0.6 is 0 Å². The van der Waals surface area contributed by atoms with Crippen molar-refractivity contribution in [2.75, 3.05) is 0 Å². The molecule has 0 aliphatic rings. The average molecular weight is 388 g/mol. The molecule has 0 aliphatic heterocycles. The highest BCUT2D eigenvalue weighted by Gasteiger charge is 2.40. The fourth-order valence-corrected chi connectivity index (χ4v) is 2.32. The van der Waals surface area contributed by atoms with Crippen molar-refractivity contribution >= 4 is 17.9 Å². The minimum absolute atomic E-state index is 0.0556. The summed E-state index contributed by atoms with van der Waals surface area (Å²) in [5.41, 5.74) is 2.06. The maximum atomic E-state index is 12.2. The predicted molar refractivity (Wildman–Crippen MR) is 96.7 cm³/mol. The van der Waals surface area contributed by atoms with Crippen LogP contribution in [0, 0.1) is 13.8 Å². The van der Waals surface area contributed by atoms with Crippen molar-refractivity contribution in [1.82, 2.24) is 0 Å². The Morgan fingerprint density at radius 2 is 1.25 bits per heavy atom. The van der Waals surface area contributed by atoms with E-state index in [-0.39, 0.29) is 11.1 Å². The molecule has 0 fully saturated rings. The van der Waals surface area contributed by atoms with Crippen LogP contribution in [0.5, 0.6) is 0 Å². The number of hydrogen-bond acceptors (Lipinski definition) is 6. The lowest BCUT2D eigenvalue weighted by Crippen LogP contribution is -2.45. The first-order valence-electron chi connectivity index (χ1n) is 8.32. The lowest BCUT2D eigenvalue weighted by molar-refractivity contribution is -0.199. The molecule has 0 amide bonds. The summed E-state index contributed by atoms with van der Waals surface area (Å²) in [5, 5.41) is 28.8. The monoisotopic (exact) mass is 388 g/mol. The van der Waals surface area contributed by atoms with Gasteiger partial charge in [-0.1, -0.05) is 47.5 Å². The normalized spacial score (nSPS) is 14.0. The van der Waals surface area contributed by atoms with Gasteiger partial charge in [-0.3, -0.25) is 0 Å². The second-order valence-electron chi connectivity index (χ2n) is 6.19. The van der Waals surface area contributed by atoms with Crippen LogP contribution in [0.2, 0.25) is 0 Å². The minimum atomic E-state index is -2.16. The fourth-order valence-electron chi connectivity index (χ4n) is 2.32.